The highest BCUT2D eigenvalue weighted by Crippen LogP contribution is 2.49. The molecule has 31 heavy (non-hydrogen) atoms. The van der Waals surface area contributed by atoms with Crippen LogP contribution in [-0.2, 0) is 11.3 Å². The van der Waals surface area contributed by atoms with E-state index in [0.717, 1.165) is 21.2 Å². The Balaban J connectivity index is 1.44. The lowest BCUT2D eigenvalue weighted by Gasteiger charge is -2.31. The van der Waals surface area contributed by atoms with E-state index in [-0.39, 0.29) is 11.7 Å². The van der Waals surface area contributed by atoms with E-state index in [1.807, 2.05) is 66.1 Å². The van der Waals surface area contributed by atoms with E-state index < -0.39 is 0 Å². The molecule has 0 atom stereocenters. The van der Waals surface area contributed by atoms with Crippen molar-refractivity contribution < 1.29 is 9.21 Å². The molecule has 2 aromatic carbocycles. The van der Waals surface area contributed by atoms with Gasteiger partial charge in [-0.2, -0.15) is 0 Å². The molecule has 3 heterocycles. The number of carbonyl (C=O) groups excluding carboxylic acids is 1. The second-order valence-electron chi connectivity index (χ2n) is 6.73. The maximum absolute atomic E-state index is 13.4. The fraction of sp³-hybridized carbons (Fsp3) is 0.136. The lowest BCUT2D eigenvalue weighted by Crippen LogP contribution is -2.30. The topological polar surface area (TPSA) is 64.2 Å². The summed E-state index contributed by atoms with van der Waals surface area (Å²) in [6.45, 7) is 2.68. The van der Waals surface area contributed by atoms with E-state index in [1.54, 1.807) is 22.9 Å². The predicted molar refractivity (Wildman–Crippen MR) is 123 cm³/mol. The summed E-state index contributed by atoms with van der Waals surface area (Å²) in [5, 5.41) is 9.81. The van der Waals surface area contributed by atoms with Crippen LogP contribution in [0.25, 0.3) is 11.6 Å². The number of benzene rings is 2. The third kappa shape index (κ3) is 3.75. The minimum absolute atomic E-state index is 0.0496. The molecule has 1 aliphatic heterocycles. The minimum Gasteiger partial charge on any atom is -0.461 e. The first-order valence-corrected chi connectivity index (χ1v) is 11.8. The van der Waals surface area contributed by atoms with E-state index in [1.165, 1.54) is 11.8 Å². The molecule has 9 heteroatoms. The fourth-order valence-electron chi connectivity index (χ4n) is 3.46. The molecule has 6 nitrogen and oxygen atoms in total. The molecule has 4 aromatic rings. The van der Waals surface area contributed by atoms with Crippen LogP contribution < -0.4 is 4.90 Å². The highest BCUT2D eigenvalue weighted by atomic mass is 35.5. The molecular weight excluding hydrogens is 452 g/mol. The van der Waals surface area contributed by atoms with Gasteiger partial charge in [-0.05, 0) is 49.4 Å². The molecule has 0 radical (unpaired) electrons. The van der Waals surface area contributed by atoms with Gasteiger partial charge in [0.25, 0.3) is 0 Å². The van der Waals surface area contributed by atoms with E-state index in [4.69, 9.17) is 16.0 Å². The van der Waals surface area contributed by atoms with Gasteiger partial charge in [0.1, 0.15) is 0 Å². The van der Waals surface area contributed by atoms with Crippen molar-refractivity contribution in [2.24, 2.45) is 0 Å². The van der Waals surface area contributed by atoms with Crippen molar-refractivity contribution in [1.29, 1.82) is 0 Å². The molecule has 0 fully saturated rings. The van der Waals surface area contributed by atoms with Crippen LogP contribution >= 0.6 is 35.1 Å². The number of carbonyl (C=O) groups is 1. The van der Waals surface area contributed by atoms with E-state index >= 15 is 0 Å². The third-order valence-electron chi connectivity index (χ3n) is 4.84. The summed E-state index contributed by atoms with van der Waals surface area (Å²) >= 11 is 9.26. The quantitative estimate of drug-likeness (QED) is 0.328. The maximum atomic E-state index is 13.4. The maximum Gasteiger partial charge on any atom is 0.242 e. The van der Waals surface area contributed by atoms with Crippen molar-refractivity contribution in [3.63, 3.8) is 0 Å². The number of hydrogen-bond donors (Lipinski definition) is 0. The molecule has 0 aliphatic carbocycles. The Morgan fingerprint density at radius 3 is 2.74 bits per heavy atom. The summed E-state index contributed by atoms with van der Waals surface area (Å²) in [7, 11) is 0. The van der Waals surface area contributed by atoms with Crippen molar-refractivity contribution in [2.75, 3.05) is 10.7 Å². The van der Waals surface area contributed by atoms with Gasteiger partial charge < -0.3 is 4.42 Å². The lowest BCUT2D eigenvalue weighted by atomic mass is 10.2. The number of halogens is 1. The van der Waals surface area contributed by atoms with Gasteiger partial charge in [0, 0.05) is 21.4 Å². The summed E-state index contributed by atoms with van der Waals surface area (Å²) in [5.41, 5.74) is 1.66. The average Bonchev–Trinajstić information content (AvgIpc) is 3.45. The van der Waals surface area contributed by atoms with Crippen LogP contribution in [0.4, 0.5) is 11.4 Å². The first kappa shape index (κ1) is 20.2. The van der Waals surface area contributed by atoms with E-state index in [9.17, 15) is 4.79 Å². The van der Waals surface area contributed by atoms with Crippen molar-refractivity contribution in [3.05, 3.63) is 65.9 Å². The van der Waals surface area contributed by atoms with E-state index in [0.29, 0.717) is 28.3 Å². The Labute approximate surface area is 192 Å². The molecular formula is C22H17ClN4O2S2. The number of amides is 1. The van der Waals surface area contributed by atoms with Gasteiger partial charge in [0.05, 0.1) is 23.4 Å². The van der Waals surface area contributed by atoms with Gasteiger partial charge >= 0.3 is 0 Å². The monoisotopic (exact) mass is 468 g/mol. The number of para-hydroxylation sites is 1. The van der Waals surface area contributed by atoms with Crippen molar-refractivity contribution in [1.82, 2.24) is 14.8 Å². The molecule has 0 bridgehead atoms. The zero-order valence-corrected chi connectivity index (χ0v) is 18.9. The van der Waals surface area contributed by atoms with Crippen molar-refractivity contribution >= 4 is 52.4 Å². The summed E-state index contributed by atoms with van der Waals surface area (Å²) in [6.07, 6.45) is 1.61. The SMILES string of the molecule is CCn1c(SCC(=O)N2c3ccccc3Sc3ccc(Cl)cc32)nnc1-c1ccco1. The molecule has 0 saturated heterocycles. The number of thioether (sulfide) groups is 1. The number of hydrogen-bond acceptors (Lipinski definition) is 6. The van der Waals surface area contributed by atoms with Crippen LogP contribution in [0.3, 0.4) is 0 Å². The summed E-state index contributed by atoms with van der Waals surface area (Å²) in [6, 6.07) is 17.2. The summed E-state index contributed by atoms with van der Waals surface area (Å²) < 4.78 is 7.41. The number of aromatic nitrogens is 3. The van der Waals surface area contributed by atoms with Crippen molar-refractivity contribution in [2.45, 2.75) is 28.4 Å². The number of nitrogens with zero attached hydrogens (tertiary/aromatic N) is 4. The number of anilines is 2. The fourth-order valence-corrected chi connectivity index (χ4v) is 5.51. The predicted octanol–water partition coefficient (Wildman–Crippen LogP) is 6.13. The Morgan fingerprint density at radius 2 is 1.94 bits per heavy atom. The van der Waals surface area contributed by atoms with Crippen LogP contribution in [0, 0.1) is 0 Å². The van der Waals surface area contributed by atoms with Gasteiger partial charge in [0.2, 0.25) is 5.91 Å². The smallest absolute Gasteiger partial charge is 0.242 e. The van der Waals surface area contributed by atoms with Gasteiger partial charge in [-0.25, -0.2) is 0 Å². The number of rotatable bonds is 5. The third-order valence-corrected chi connectivity index (χ3v) is 7.15. The second kappa shape index (κ2) is 8.45. The Hall–Kier alpha value is -2.68. The molecule has 1 aliphatic rings. The number of furan rings is 1. The number of fused-ring (bicyclic) bond motifs is 2. The summed E-state index contributed by atoms with van der Waals surface area (Å²) in [5.74, 6) is 1.46. The van der Waals surface area contributed by atoms with Crippen LogP contribution in [0.2, 0.25) is 5.02 Å². The summed E-state index contributed by atoms with van der Waals surface area (Å²) in [4.78, 5) is 17.2. The normalized spacial score (nSPS) is 12.5. The highest BCUT2D eigenvalue weighted by Gasteiger charge is 2.29. The zero-order chi connectivity index (χ0) is 21.4. The van der Waals surface area contributed by atoms with E-state index in [2.05, 4.69) is 10.2 Å². The van der Waals surface area contributed by atoms with Crippen LogP contribution in [0.15, 0.2) is 80.2 Å². The molecule has 2 aromatic heterocycles. The molecule has 0 unspecified atom stereocenters. The highest BCUT2D eigenvalue weighted by molar-refractivity contribution is 8.00. The van der Waals surface area contributed by atoms with Crippen LogP contribution in [0.1, 0.15) is 6.92 Å². The van der Waals surface area contributed by atoms with Gasteiger partial charge in [-0.1, -0.05) is 47.3 Å². The molecule has 0 N–H and O–H groups in total. The average molecular weight is 469 g/mol. The minimum atomic E-state index is -0.0496. The largest absolute Gasteiger partial charge is 0.461 e. The first-order valence-electron chi connectivity index (χ1n) is 9.65. The van der Waals surface area contributed by atoms with Crippen LogP contribution in [-0.4, -0.2) is 26.4 Å². The van der Waals surface area contributed by atoms with Crippen LogP contribution in [0.5, 0.6) is 0 Å². The first-order chi connectivity index (χ1) is 15.2. The van der Waals surface area contributed by atoms with Gasteiger partial charge in [-0.3, -0.25) is 14.3 Å². The van der Waals surface area contributed by atoms with Gasteiger partial charge in [-0.15, -0.1) is 10.2 Å². The Bertz CT molecular complexity index is 1260. The lowest BCUT2D eigenvalue weighted by molar-refractivity contribution is -0.115. The molecule has 5 rings (SSSR count). The molecule has 0 spiro atoms. The zero-order valence-electron chi connectivity index (χ0n) is 16.5. The van der Waals surface area contributed by atoms with Gasteiger partial charge in [0.15, 0.2) is 16.7 Å². The Morgan fingerprint density at radius 1 is 1.10 bits per heavy atom. The molecule has 0 saturated carbocycles. The Kier molecular flexibility index (Phi) is 5.52. The molecule has 1 amide bonds. The standard InChI is InChI=1S/C22H17ClN4O2S2/c1-2-26-21(17-7-5-11-29-17)24-25-22(26)30-13-20(28)27-15-6-3-4-8-18(15)31-19-10-9-14(23)12-16(19)27/h3-12H,2,13H2,1H3. The molecule has 156 valence electrons. The van der Waals surface area contributed by atoms with Crippen molar-refractivity contribution in [3.8, 4) is 11.6 Å². The second-order valence-corrected chi connectivity index (χ2v) is 9.19.